The molecule has 0 radical (unpaired) electrons. The van der Waals surface area contributed by atoms with E-state index in [1.54, 1.807) is 16.0 Å². The Kier molecular flexibility index (Phi) is 1.66. The summed E-state index contributed by atoms with van der Waals surface area (Å²) in [5, 5.41) is 0. The first-order valence-corrected chi connectivity index (χ1v) is 6.32. The Morgan fingerprint density at radius 2 is 1.92 bits per heavy atom. The molecule has 1 aromatic rings. The number of hydrogen-bond donors (Lipinski definition) is 0. The first-order valence-electron chi connectivity index (χ1n) is 4.35. The van der Waals surface area contributed by atoms with Gasteiger partial charge in [0.15, 0.2) is 0 Å². The number of aryl methyl sites for hydroxylation is 1. The zero-order valence-corrected chi connectivity index (χ0v) is 8.43. The van der Waals surface area contributed by atoms with Crippen LogP contribution in [0.4, 0.5) is 0 Å². The molecule has 2 aliphatic rings. The lowest BCUT2D eigenvalue weighted by Crippen LogP contribution is -2.10. The molecule has 2 heteroatoms. The average molecular weight is 194 g/mol. The summed E-state index contributed by atoms with van der Waals surface area (Å²) >= 11 is 4.08. The van der Waals surface area contributed by atoms with Gasteiger partial charge in [-0.3, -0.25) is 0 Å². The molecule has 0 aliphatic carbocycles. The van der Waals surface area contributed by atoms with Gasteiger partial charge in [0, 0.05) is 21.3 Å². The highest BCUT2D eigenvalue weighted by atomic mass is 32.2. The Morgan fingerprint density at radius 3 is 2.83 bits per heavy atom. The van der Waals surface area contributed by atoms with Crippen molar-refractivity contribution >= 4 is 23.5 Å². The van der Waals surface area contributed by atoms with E-state index in [0.29, 0.717) is 0 Å². The molecular formula is C10H10S2. The van der Waals surface area contributed by atoms with Gasteiger partial charge in [-0.25, -0.2) is 0 Å². The van der Waals surface area contributed by atoms with Gasteiger partial charge in [0.25, 0.3) is 0 Å². The maximum absolute atomic E-state index is 2.33. The molecule has 0 aromatic heterocycles. The summed E-state index contributed by atoms with van der Waals surface area (Å²) in [6.45, 7) is 0. The van der Waals surface area contributed by atoms with Gasteiger partial charge >= 0.3 is 0 Å². The second-order valence-corrected chi connectivity index (χ2v) is 5.47. The molecular weight excluding hydrogens is 184 g/mol. The van der Waals surface area contributed by atoms with Crippen molar-refractivity contribution in [3.8, 4) is 0 Å². The lowest BCUT2D eigenvalue weighted by Gasteiger charge is -2.25. The van der Waals surface area contributed by atoms with Crippen LogP contribution in [0.3, 0.4) is 0 Å². The van der Waals surface area contributed by atoms with E-state index in [4.69, 9.17) is 0 Å². The van der Waals surface area contributed by atoms with E-state index in [1.165, 1.54) is 29.2 Å². The third-order valence-corrected chi connectivity index (χ3v) is 4.90. The molecule has 0 saturated carbocycles. The van der Waals surface area contributed by atoms with Crippen molar-refractivity contribution in [2.24, 2.45) is 0 Å². The van der Waals surface area contributed by atoms with Crippen LogP contribution in [0.5, 0.6) is 0 Å². The van der Waals surface area contributed by atoms with Crippen molar-refractivity contribution in [2.75, 3.05) is 11.5 Å². The molecule has 0 N–H and O–H groups in total. The van der Waals surface area contributed by atoms with Gasteiger partial charge in [0.2, 0.25) is 0 Å². The second kappa shape index (κ2) is 2.71. The molecule has 0 saturated heterocycles. The largest absolute Gasteiger partial charge is 0.125 e. The quantitative estimate of drug-likeness (QED) is 0.622. The minimum absolute atomic E-state index is 1.29. The summed E-state index contributed by atoms with van der Waals surface area (Å²) in [5.41, 5.74) is 3.29. The van der Waals surface area contributed by atoms with Gasteiger partial charge < -0.3 is 0 Å². The highest BCUT2D eigenvalue weighted by Gasteiger charge is 2.21. The van der Waals surface area contributed by atoms with Gasteiger partial charge in [-0.2, -0.15) is 0 Å². The van der Waals surface area contributed by atoms with Crippen LogP contribution in [-0.4, -0.2) is 11.5 Å². The summed E-state index contributed by atoms with van der Waals surface area (Å²) in [5.74, 6) is 2.59. The molecule has 1 aromatic carbocycles. The van der Waals surface area contributed by atoms with E-state index in [-0.39, 0.29) is 0 Å². The molecule has 0 nitrogen and oxygen atoms in total. The molecule has 4 bridgehead atoms. The fraction of sp³-hybridized carbons (Fsp3) is 0.400. The summed E-state index contributed by atoms with van der Waals surface area (Å²) in [6.07, 6.45) is 2.59. The molecule has 62 valence electrons. The van der Waals surface area contributed by atoms with E-state index < -0.39 is 0 Å². The number of hydrogen-bond acceptors (Lipinski definition) is 2. The summed E-state index contributed by atoms with van der Waals surface area (Å²) in [6, 6.07) is 4.64. The van der Waals surface area contributed by atoms with Crippen molar-refractivity contribution in [1.82, 2.24) is 0 Å². The molecule has 0 fully saturated rings. The van der Waals surface area contributed by atoms with Crippen LogP contribution in [0.15, 0.2) is 21.9 Å². The van der Waals surface area contributed by atoms with Crippen molar-refractivity contribution in [1.29, 1.82) is 0 Å². The highest BCUT2D eigenvalue weighted by Crippen LogP contribution is 2.43. The third-order valence-electron chi connectivity index (χ3n) is 2.55. The van der Waals surface area contributed by atoms with Crippen LogP contribution in [0.2, 0.25) is 0 Å². The Labute approximate surface area is 81.1 Å². The van der Waals surface area contributed by atoms with Gasteiger partial charge in [-0.05, 0) is 30.0 Å². The topological polar surface area (TPSA) is 0 Å². The smallest absolute Gasteiger partial charge is 0.0243 e. The highest BCUT2D eigenvalue weighted by molar-refractivity contribution is 8.02. The maximum atomic E-state index is 2.33. The van der Waals surface area contributed by atoms with Gasteiger partial charge in [-0.1, -0.05) is 6.07 Å². The zero-order valence-electron chi connectivity index (χ0n) is 6.80. The fourth-order valence-electron chi connectivity index (χ4n) is 1.95. The van der Waals surface area contributed by atoms with Crippen molar-refractivity contribution in [3.05, 3.63) is 23.3 Å². The van der Waals surface area contributed by atoms with E-state index in [0.717, 1.165) is 0 Å². The zero-order chi connectivity index (χ0) is 7.97. The van der Waals surface area contributed by atoms with E-state index in [9.17, 15) is 0 Å². The van der Waals surface area contributed by atoms with Gasteiger partial charge in [-0.15, -0.1) is 23.5 Å². The Balaban J connectivity index is 2.29. The monoisotopic (exact) mass is 194 g/mol. The van der Waals surface area contributed by atoms with E-state index in [1.807, 2.05) is 11.8 Å². The molecule has 2 heterocycles. The Bertz CT molecular complexity index is 298. The molecule has 2 aliphatic heterocycles. The number of benzene rings is 1. The third kappa shape index (κ3) is 0.944. The second-order valence-electron chi connectivity index (χ2n) is 3.23. The predicted octanol–water partition coefficient (Wildman–Crippen LogP) is 2.98. The number of thioether (sulfide) groups is 2. The minimum atomic E-state index is 1.29. The van der Waals surface area contributed by atoms with Crippen LogP contribution in [-0.2, 0) is 12.8 Å². The molecule has 12 heavy (non-hydrogen) atoms. The standard InChI is InChI=1S/C10H10S2/c1-2-9-10-8(4-6-11-9)7(1)3-5-12-10/h1-2H,3-6H2. The van der Waals surface area contributed by atoms with Crippen molar-refractivity contribution < 1.29 is 0 Å². The molecule has 3 rings (SSSR count). The molecule has 0 amide bonds. The Morgan fingerprint density at radius 1 is 1.00 bits per heavy atom. The summed E-state index contributed by atoms with van der Waals surface area (Å²) < 4.78 is 0. The van der Waals surface area contributed by atoms with E-state index >= 15 is 0 Å². The predicted molar refractivity (Wildman–Crippen MR) is 55.3 cm³/mol. The number of rotatable bonds is 0. The normalized spacial score (nSPS) is 19.3. The lowest BCUT2D eigenvalue weighted by atomic mass is 10.0. The molecule has 0 atom stereocenters. The molecule has 0 spiro atoms. The van der Waals surface area contributed by atoms with Crippen LogP contribution in [0.1, 0.15) is 11.1 Å². The molecule has 0 unspecified atom stereocenters. The first kappa shape index (κ1) is 7.34. The van der Waals surface area contributed by atoms with Gasteiger partial charge in [0.05, 0.1) is 0 Å². The van der Waals surface area contributed by atoms with Crippen molar-refractivity contribution in [2.45, 2.75) is 22.6 Å². The maximum Gasteiger partial charge on any atom is 0.0243 e. The first-order chi connectivity index (χ1) is 5.95. The summed E-state index contributed by atoms with van der Waals surface area (Å²) in [7, 11) is 0. The lowest BCUT2D eigenvalue weighted by molar-refractivity contribution is 0.934. The summed E-state index contributed by atoms with van der Waals surface area (Å²) in [4.78, 5) is 3.14. The Hall–Kier alpha value is -0.0800. The SMILES string of the molecule is c1cc2c3c(c1CCS3)CCS2. The van der Waals surface area contributed by atoms with Crippen LogP contribution >= 0.6 is 23.5 Å². The van der Waals surface area contributed by atoms with Crippen molar-refractivity contribution in [3.63, 3.8) is 0 Å². The van der Waals surface area contributed by atoms with Crippen LogP contribution in [0, 0.1) is 0 Å². The van der Waals surface area contributed by atoms with Crippen LogP contribution in [0.25, 0.3) is 0 Å². The fourth-order valence-corrected chi connectivity index (χ4v) is 4.40. The van der Waals surface area contributed by atoms with Crippen LogP contribution < -0.4 is 0 Å². The minimum Gasteiger partial charge on any atom is -0.125 e. The average Bonchev–Trinajstić information content (AvgIpc) is 2.07. The van der Waals surface area contributed by atoms with E-state index in [2.05, 4.69) is 23.9 Å². The van der Waals surface area contributed by atoms with Gasteiger partial charge in [0.1, 0.15) is 0 Å².